The summed E-state index contributed by atoms with van der Waals surface area (Å²) in [6.07, 6.45) is -1.00. The van der Waals surface area contributed by atoms with Crippen LogP contribution in [0.1, 0.15) is 5.89 Å². The van der Waals surface area contributed by atoms with E-state index in [1.807, 2.05) is 12.1 Å². The van der Waals surface area contributed by atoms with Crippen molar-refractivity contribution in [2.45, 2.75) is 11.8 Å². The van der Waals surface area contributed by atoms with Crippen LogP contribution in [0.4, 0.5) is 4.79 Å². The highest BCUT2D eigenvalue weighted by atomic mass is 32.2. The van der Waals surface area contributed by atoms with E-state index in [0.717, 1.165) is 17.5 Å². The molecule has 8 nitrogen and oxygen atoms in total. The summed E-state index contributed by atoms with van der Waals surface area (Å²) < 4.78 is 17.7. The van der Waals surface area contributed by atoms with Gasteiger partial charge in [0.05, 0.1) is 11.4 Å². The van der Waals surface area contributed by atoms with E-state index in [9.17, 15) is 9.90 Å². The molecule has 0 spiro atoms. The second kappa shape index (κ2) is 7.20. The van der Waals surface area contributed by atoms with E-state index in [1.165, 1.54) is 4.31 Å². The van der Waals surface area contributed by atoms with Crippen LogP contribution >= 0.6 is 11.9 Å². The third kappa shape index (κ3) is 3.82. The lowest BCUT2D eigenvalue weighted by molar-refractivity contribution is 0.170. The third-order valence-corrected chi connectivity index (χ3v) is 4.84. The fourth-order valence-corrected chi connectivity index (χ4v) is 3.37. The molecule has 1 N–H and O–H groups in total. The summed E-state index contributed by atoms with van der Waals surface area (Å²) in [5, 5.41) is 13.1. The average molecular weight is 385 g/mol. The number of rotatable bonds is 3. The van der Waals surface area contributed by atoms with E-state index in [4.69, 9.17) is 14.0 Å². The molecule has 0 saturated carbocycles. The second-order valence-electron chi connectivity index (χ2n) is 5.70. The first kappa shape index (κ1) is 17.2. The molecule has 3 aromatic rings. The minimum atomic E-state index is -1.00. The molecular formula is C18H15N3O5S. The lowest BCUT2D eigenvalue weighted by Crippen LogP contribution is -2.25. The summed E-state index contributed by atoms with van der Waals surface area (Å²) in [5.41, 5.74) is 0.821. The predicted molar refractivity (Wildman–Crippen MR) is 97.1 cm³/mol. The summed E-state index contributed by atoms with van der Waals surface area (Å²) in [7, 11) is 0. The van der Waals surface area contributed by atoms with Gasteiger partial charge in [0.2, 0.25) is 11.7 Å². The number of hydrogen-bond acceptors (Lipinski definition) is 7. The highest BCUT2D eigenvalue weighted by molar-refractivity contribution is 7.97. The number of benzene rings is 2. The zero-order valence-electron chi connectivity index (χ0n) is 14.3. The molecule has 27 heavy (non-hydrogen) atoms. The molecule has 4 rings (SSSR count). The molecule has 1 amide bonds. The number of nitrogens with zero attached hydrogens (tertiary/aromatic N) is 3. The van der Waals surface area contributed by atoms with E-state index in [-0.39, 0.29) is 0 Å². The minimum absolute atomic E-state index is 0.294. The normalized spacial score (nSPS) is 13.4. The smallest absolute Gasteiger partial charge is 0.417 e. The first-order valence-corrected chi connectivity index (χ1v) is 8.90. The molecular weight excluding hydrogens is 370 g/mol. The first-order valence-electron chi connectivity index (χ1n) is 8.12. The quantitative estimate of drug-likeness (QED) is 0.669. The van der Waals surface area contributed by atoms with E-state index in [1.54, 1.807) is 37.3 Å². The van der Waals surface area contributed by atoms with Crippen molar-refractivity contribution in [1.82, 2.24) is 14.4 Å². The summed E-state index contributed by atoms with van der Waals surface area (Å²) in [4.78, 5) is 16.1. The highest BCUT2D eigenvalue weighted by Crippen LogP contribution is 2.38. The van der Waals surface area contributed by atoms with Crippen LogP contribution in [0.15, 0.2) is 51.9 Å². The van der Waals surface area contributed by atoms with Gasteiger partial charge in [-0.1, -0.05) is 5.16 Å². The van der Waals surface area contributed by atoms with Crippen molar-refractivity contribution in [2.24, 2.45) is 0 Å². The zero-order chi connectivity index (χ0) is 18.8. The Morgan fingerprint density at radius 1 is 1.22 bits per heavy atom. The summed E-state index contributed by atoms with van der Waals surface area (Å²) in [5.74, 6) is 2.88. The van der Waals surface area contributed by atoms with E-state index in [0.29, 0.717) is 47.0 Å². The van der Waals surface area contributed by atoms with Crippen molar-refractivity contribution >= 4 is 18.0 Å². The van der Waals surface area contributed by atoms with Gasteiger partial charge in [-0.15, -0.1) is 0 Å². The van der Waals surface area contributed by atoms with Gasteiger partial charge in [0.15, 0.2) is 0 Å². The van der Waals surface area contributed by atoms with E-state index in [2.05, 4.69) is 10.1 Å². The van der Waals surface area contributed by atoms with Crippen molar-refractivity contribution in [1.29, 1.82) is 0 Å². The minimum Gasteiger partial charge on any atom is -0.490 e. The molecule has 0 aliphatic carbocycles. The number of carbonyl (C=O) groups is 1. The Bertz CT molecular complexity index is 973. The number of carboxylic acid groups (broad SMARTS) is 1. The molecule has 0 bridgehead atoms. The van der Waals surface area contributed by atoms with E-state index < -0.39 is 6.09 Å². The van der Waals surface area contributed by atoms with Gasteiger partial charge in [0.1, 0.15) is 23.9 Å². The average Bonchev–Trinajstić information content (AvgIpc) is 2.97. The molecule has 1 aliphatic rings. The van der Waals surface area contributed by atoms with Crippen molar-refractivity contribution in [3.05, 3.63) is 48.4 Å². The van der Waals surface area contributed by atoms with Gasteiger partial charge in [-0.3, -0.25) is 0 Å². The fraction of sp³-hybridized carbons (Fsp3) is 0.167. The molecule has 1 aromatic heterocycles. The van der Waals surface area contributed by atoms with E-state index >= 15 is 0 Å². The molecule has 0 atom stereocenters. The van der Waals surface area contributed by atoms with Gasteiger partial charge >= 0.3 is 6.09 Å². The molecule has 2 heterocycles. The number of aromatic nitrogens is 2. The SMILES string of the molecule is Cc1nc(-c2ccc(Oc3ccc4c(c3)SN(C(=O)O)CCO4)cc2)no1. The Kier molecular flexibility index (Phi) is 4.59. The van der Waals surface area contributed by atoms with Crippen LogP contribution in [0, 0.1) is 6.92 Å². The maximum Gasteiger partial charge on any atom is 0.417 e. The molecule has 1 aliphatic heterocycles. The topological polar surface area (TPSA) is 97.9 Å². The standard InChI is InChI=1S/C18H15N3O5S/c1-11-19-17(20-26-11)12-2-4-13(5-3-12)25-14-6-7-15-16(10-14)27-21(18(22)23)8-9-24-15/h2-7,10H,8-9H2,1H3,(H,22,23). The summed E-state index contributed by atoms with van der Waals surface area (Å²) in [6.45, 7) is 2.34. The number of hydrogen-bond donors (Lipinski definition) is 1. The third-order valence-electron chi connectivity index (χ3n) is 3.76. The zero-order valence-corrected chi connectivity index (χ0v) is 15.1. The van der Waals surface area contributed by atoms with Crippen molar-refractivity contribution in [2.75, 3.05) is 13.2 Å². The second-order valence-corrected chi connectivity index (χ2v) is 6.76. The number of fused-ring (bicyclic) bond motifs is 1. The Balaban J connectivity index is 1.52. The Morgan fingerprint density at radius 3 is 2.70 bits per heavy atom. The Hall–Kier alpha value is -3.20. The Labute approximate surface area is 158 Å². The number of aryl methyl sites for hydroxylation is 1. The van der Waals surface area contributed by atoms with Crippen LogP contribution in [-0.2, 0) is 0 Å². The summed E-state index contributed by atoms with van der Waals surface area (Å²) >= 11 is 1.11. The molecule has 2 aromatic carbocycles. The fourth-order valence-electron chi connectivity index (χ4n) is 2.50. The highest BCUT2D eigenvalue weighted by Gasteiger charge is 2.21. The lowest BCUT2D eigenvalue weighted by atomic mass is 10.2. The molecule has 0 fully saturated rings. The van der Waals surface area contributed by atoms with Crippen LogP contribution in [-0.4, -0.2) is 38.8 Å². The maximum absolute atomic E-state index is 11.2. The van der Waals surface area contributed by atoms with Crippen LogP contribution in [0.3, 0.4) is 0 Å². The van der Waals surface area contributed by atoms with Gasteiger partial charge in [0.25, 0.3) is 0 Å². The molecule has 0 radical (unpaired) electrons. The number of ether oxygens (including phenoxy) is 2. The largest absolute Gasteiger partial charge is 0.490 e. The van der Waals surface area contributed by atoms with Crippen LogP contribution in [0.2, 0.25) is 0 Å². The van der Waals surface area contributed by atoms with Gasteiger partial charge in [0, 0.05) is 12.5 Å². The van der Waals surface area contributed by atoms with Crippen molar-refractivity contribution in [3.63, 3.8) is 0 Å². The van der Waals surface area contributed by atoms with Crippen molar-refractivity contribution in [3.8, 4) is 28.6 Å². The first-order chi connectivity index (χ1) is 13.1. The molecule has 0 unspecified atom stereocenters. The Morgan fingerprint density at radius 2 is 2.00 bits per heavy atom. The number of amides is 1. The molecule has 138 valence electrons. The lowest BCUT2D eigenvalue weighted by Gasteiger charge is -2.14. The van der Waals surface area contributed by atoms with Gasteiger partial charge < -0.3 is 19.1 Å². The predicted octanol–water partition coefficient (Wildman–Crippen LogP) is 4.22. The van der Waals surface area contributed by atoms with Gasteiger partial charge in [-0.2, -0.15) is 4.98 Å². The van der Waals surface area contributed by atoms with Crippen LogP contribution in [0.5, 0.6) is 17.2 Å². The van der Waals surface area contributed by atoms with Gasteiger partial charge in [-0.25, -0.2) is 9.10 Å². The maximum atomic E-state index is 11.2. The van der Waals surface area contributed by atoms with Crippen LogP contribution in [0.25, 0.3) is 11.4 Å². The molecule has 0 saturated heterocycles. The van der Waals surface area contributed by atoms with Gasteiger partial charge in [-0.05, 0) is 54.4 Å². The summed E-state index contributed by atoms with van der Waals surface area (Å²) in [6, 6.07) is 12.6. The molecule has 9 heteroatoms. The van der Waals surface area contributed by atoms with Crippen LogP contribution < -0.4 is 9.47 Å². The van der Waals surface area contributed by atoms with Crippen molar-refractivity contribution < 1.29 is 23.9 Å². The monoisotopic (exact) mass is 385 g/mol.